The van der Waals surface area contributed by atoms with Gasteiger partial charge in [-0.2, -0.15) is 0 Å². The van der Waals surface area contributed by atoms with Crippen molar-refractivity contribution in [3.05, 3.63) is 35.4 Å². The Balaban J connectivity index is 0.00000729. The summed E-state index contributed by atoms with van der Waals surface area (Å²) in [5.41, 5.74) is 1.62. The maximum atomic E-state index is 12.1. The summed E-state index contributed by atoms with van der Waals surface area (Å²) >= 11 is 0. The van der Waals surface area contributed by atoms with Crippen molar-refractivity contribution in [2.45, 2.75) is 32.7 Å². The minimum atomic E-state index is -0.0812. The van der Waals surface area contributed by atoms with E-state index in [0.717, 1.165) is 5.56 Å². The van der Waals surface area contributed by atoms with Crippen LogP contribution in [0.15, 0.2) is 24.3 Å². The van der Waals surface area contributed by atoms with Gasteiger partial charge >= 0.3 is 0 Å². The fraction of sp³-hybridized carbons (Fsp3) is 0.550. The van der Waals surface area contributed by atoms with E-state index in [4.69, 9.17) is 14.2 Å². The molecule has 0 unspecified atom stereocenters. The molecule has 0 heterocycles. The molecule has 1 rings (SSSR count). The summed E-state index contributed by atoms with van der Waals surface area (Å²) in [5, 5.41) is 2.72. The summed E-state index contributed by atoms with van der Waals surface area (Å²) in [6.45, 7) is 4.64. The minimum Gasteiger partial charge on any atom is -0.542 e. The average Bonchev–Trinajstić information content (AvgIpc) is 2.67. The summed E-state index contributed by atoms with van der Waals surface area (Å²) in [6.07, 6.45) is 3.11. The Morgan fingerprint density at radius 3 is 2.07 bits per heavy atom. The Hall–Kier alpha value is -0.986. The molecule has 153 valence electrons. The molecular weight excluding hydrogens is 439 g/mol. The molecule has 0 spiro atoms. The van der Waals surface area contributed by atoms with Crippen LogP contribution in [0.3, 0.4) is 0 Å². The first-order valence-electron chi connectivity index (χ1n) is 9.08. The van der Waals surface area contributed by atoms with E-state index in [-0.39, 0.29) is 50.8 Å². The first kappa shape index (κ1) is 27.0. The fourth-order valence-electron chi connectivity index (χ4n) is 2.17. The SMILES string of the molecule is CC(=O)NCc1ccc(C(=O)CCCOCCOCCOCC[C-]=O)cc1.[Y]. The van der Waals surface area contributed by atoms with Crippen LogP contribution < -0.4 is 5.32 Å². The molecule has 0 aliphatic rings. The van der Waals surface area contributed by atoms with E-state index in [9.17, 15) is 14.4 Å². The summed E-state index contributed by atoms with van der Waals surface area (Å²) in [5.74, 6) is -0.00658. The topological polar surface area (TPSA) is 90.9 Å². The largest absolute Gasteiger partial charge is 0.542 e. The molecule has 1 aromatic rings. The second-order valence-corrected chi connectivity index (χ2v) is 5.86. The first-order valence-corrected chi connectivity index (χ1v) is 9.08. The molecule has 0 aromatic heterocycles. The summed E-state index contributed by atoms with van der Waals surface area (Å²) < 4.78 is 15.9. The Morgan fingerprint density at radius 1 is 0.929 bits per heavy atom. The smallest absolute Gasteiger partial charge is 0.217 e. The standard InChI is InChI=1S/C20H28NO6.Y/c1-17(23)21-16-18-5-7-19(8-6-18)20(24)4-2-10-25-12-14-27-15-13-26-11-3-9-22;/h5-8H,2-4,10-16H2,1H3,(H,21,23);/q-1;. The van der Waals surface area contributed by atoms with Crippen molar-refractivity contribution in [3.8, 4) is 0 Å². The Kier molecular flexibility index (Phi) is 17.4. The third kappa shape index (κ3) is 14.1. The maximum absolute atomic E-state index is 12.1. The van der Waals surface area contributed by atoms with Crippen LogP contribution in [0.5, 0.6) is 0 Å². The van der Waals surface area contributed by atoms with Gasteiger partial charge in [-0.25, -0.2) is 0 Å². The van der Waals surface area contributed by atoms with Crippen molar-refractivity contribution in [1.82, 2.24) is 5.32 Å². The number of amides is 1. The van der Waals surface area contributed by atoms with Gasteiger partial charge in [0, 0.05) is 71.4 Å². The number of benzene rings is 1. The predicted octanol–water partition coefficient (Wildman–Crippen LogP) is 1.83. The van der Waals surface area contributed by atoms with Crippen molar-refractivity contribution in [2.75, 3.05) is 39.6 Å². The summed E-state index contributed by atoms with van der Waals surface area (Å²) in [6, 6.07) is 7.25. The van der Waals surface area contributed by atoms with E-state index in [2.05, 4.69) is 5.32 Å². The molecule has 28 heavy (non-hydrogen) atoms. The molecule has 1 amide bonds. The first-order chi connectivity index (χ1) is 13.1. The van der Waals surface area contributed by atoms with Gasteiger partial charge in [0.15, 0.2) is 5.78 Å². The molecule has 0 atom stereocenters. The van der Waals surface area contributed by atoms with Gasteiger partial charge in [0.1, 0.15) is 0 Å². The quantitative estimate of drug-likeness (QED) is 0.227. The molecule has 7 nitrogen and oxygen atoms in total. The Morgan fingerprint density at radius 2 is 1.50 bits per heavy atom. The molecule has 0 aliphatic heterocycles. The zero-order valence-electron chi connectivity index (χ0n) is 16.4. The van der Waals surface area contributed by atoms with Crippen molar-refractivity contribution >= 4 is 18.0 Å². The van der Waals surface area contributed by atoms with Crippen LogP contribution in [-0.4, -0.2) is 57.6 Å². The molecule has 1 N–H and O–H groups in total. The number of carbonyl (C=O) groups is 2. The van der Waals surface area contributed by atoms with Gasteiger partial charge in [0.2, 0.25) is 5.91 Å². The van der Waals surface area contributed by atoms with E-state index in [1.54, 1.807) is 18.4 Å². The predicted molar refractivity (Wildman–Crippen MR) is 100 cm³/mol. The number of ether oxygens (including phenoxy) is 3. The number of hydrogen-bond acceptors (Lipinski definition) is 6. The van der Waals surface area contributed by atoms with Gasteiger partial charge in [-0.15, -0.1) is 6.42 Å². The number of Topliss-reactive ketones (excluding diaryl/α,β-unsaturated/α-hetero) is 1. The van der Waals surface area contributed by atoms with Gasteiger partial charge in [0.05, 0.1) is 26.4 Å². The van der Waals surface area contributed by atoms with Gasteiger partial charge in [-0.1, -0.05) is 24.3 Å². The molecular formula is C20H28NO6Y-. The van der Waals surface area contributed by atoms with E-state index >= 15 is 0 Å². The van der Waals surface area contributed by atoms with Crippen molar-refractivity contribution in [3.63, 3.8) is 0 Å². The van der Waals surface area contributed by atoms with Crippen LogP contribution >= 0.6 is 0 Å². The monoisotopic (exact) mass is 467 g/mol. The molecule has 0 saturated heterocycles. The van der Waals surface area contributed by atoms with E-state index < -0.39 is 0 Å². The van der Waals surface area contributed by atoms with Gasteiger partial charge in [-0.3, -0.25) is 15.9 Å². The van der Waals surface area contributed by atoms with E-state index in [0.29, 0.717) is 64.6 Å². The van der Waals surface area contributed by atoms with E-state index in [1.807, 2.05) is 12.1 Å². The van der Waals surface area contributed by atoms with Crippen LogP contribution in [0.4, 0.5) is 0 Å². The van der Waals surface area contributed by atoms with Crippen LogP contribution in [0.2, 0.25) is 0 Å². The van der Waals surface area contributed by atoms with Crippen molar-refractivity contribution in [2.24, 2.45) is 0 Å². The van der Waals surface area contributed by atoms with Crippen LogP contribution in [0.1, 0.15) is 42.1 Å². The molecule has 1 aromatic carbocycles. The zero-order chi connectivity index (χ0) is 19.7. The van der Waals surface area contributed by atoms with Gasteiger partial charge in [-0.05, 0) is 12.0 Å². The second kappa shape index (κ2) is 18.1. The van der Waals surface area contributed by atoms with Crippen LogP contribution in [-0.2, 0) is 63.1 Å². The minimum absolute atomic E-state index is 0. The number of ketones is 1. The number of rotatable bonds is 16. The van der Waals surface area contributed by atoms with E-state index in [1.165, 1.54) is 6.92 Å². The Labute approximate surface area is 191 Å². The molecule has 0 fully saturated rings. The van der Waals surface area contributed by atoms with Crippen LogP contribution in [0, 0.1) is 0 Å². The molecule has 0 bridgehead atoms. The summed E-state index contributed by atoms with van der Waals surface area (Å²) in [4.78, 5) is 33.0. The molecule has 8 heteroatoms. The van der Waals surface area contributed by atoms with Gasteiger partial charge in [0.25, 0.3) is 0 Å². The number of hydrogen-bond donors (Lipinski definition) is 1. The second-order valence-electron chi connectivity index (χ2n) is 5.86. The fourth-order valence-corrected chi connectivity index (χ4v) is 2.17. The third-order valence-electron chi connectivity index (χ3n) is 3.60. The molecule has 0 aliphatic carbocycles. The normalized spacial score (nSPS) is 10.2. The molecule has 1 radical (unpaired) electrons. The maximum Gasteiger partial charge on any atom is 0.217 e. The molecule has 0 saturated carbocycles. The average molecular weight is 467 g/mol. The van der Waals surface area contributed by atoms with Crippen molar-refractivity contribution in [1.29, 1.82) is 0 Å². The third-order valence-corrected chi connectivity index (χ3v) is 3.60. The number of carbonyl (C=O) groups excluding carboxylic acids is 3. The van der Waals surface area contributed by atoms with Crippen LogP contribution in [0.25, 0.3) is 0 Å². The summed E-state index contributed by atoms with van der Waals surface area (Å²) in [7, 11) is 0. The van der Waals surface area contributed by atoms with Crippen molar-refractivity contribution < 1.29 is 61.3 Å². The number of nitrogens with one attached hydrogen (secondary N) is 1. The van der Waals surface area contributed by atoms with Gasteiger partial charge < -0.3 is 24.3 Å². The Bertz CT molecular complexity index is 564. The zero-order valence-corrected chi connectivity index (χ0v) is 19.2.